The molecule has 1 fully saturated rings. The molecule has 2 rings (SSSR count). The van der Waals surface area contributed by atoms with Crippen LogP contribution in [-0.2, 0) is 9.53 Å². The Morgan fingerprint density at radius 2 is 2.35 bits per heavy atom. The summed E-state index contributed by atoms with van der Waals surface area (Å²) in [6, 6.07) is 7.32. The summed E-state index contributed by atoms with van der Waals surface area (Å²) < 4.78 is 5.09. The molecule has 0 aliphatic carbocycles. The molecule has 1 heterocycles. The molecule has 0 aromatic heterocycles. The van der Waals surface area contributed by atoms with Gasteiger partial charge in [-0.25, -0.2) is 0 Å². The number of benzene rings is 1. The topological polar surface area (TPSA) is 65.4 Å². The van der Waals surface area contributed by atoms with E-state index in [0.717, 1.165) is 11.4 Å². The van der Waals surface area contributed by atoms with Gasteiger partial charge in [-0.1, -0.05) is 0 Å². The molecule has 1 N–H and O–H groups in total. The van der Waals surface area contributed by atoms with E-state index in [1.165, 1.54) is 0 Å². The SMILES string of the molecule is CNc1ccc(C#N)cc1N1CCOCC1=O. The Hall–Kier alpha value is -2.06. The highest BCUT2D eigenvalue weighted by Crippen LogP contribution is 2.27. The first-order valence-electron chi connectivity index (χ1n) is 5.36. The number of morpholine rings is 1. The minimum Gasteiger partial charge on any atom is -0.386 e. The monoisotopic (exact) mass is 231 g/mol. The zero-order valence-electron chi connectivity index (χ0n) is 9.56. The summed E-state index contributed by atoms with van der Waals surface area (Å²) in [5.41, 5.74) is 2.11. The van der Waals surface area contributed by atoms with Crippen LogP contribution in [0.3, 0.4) is 0 Å². The van der Waals surface area contributed by atoms with Gasteiger partial charge in [0.05, 0.1) is 29.6 Å². The molecule has 0 bridgehead atoms. The highest BCUT2D eigenvalue weighted by molar-refractivity contribution is 5.98. The Kier molecular flexibility index (Phi) is 3.26. The quantitative estimate of drug-likeness (QED) is 0.823. The molecule has 17 heavy (non-hydrogen) atoms. The average Bonchev–Trinajstić information content (AvgIpc) is 2.38. The number of nitrogens with one attached hydrogen (secondary N) is 1. The van der Waals surface area contributed by atoms with Crippen LogP contribution < -0.4 is 10.2 Å². The van der Waals surface area contributed by atoms with Crippen LogP contribution in [0.5, 0.6) is 0 Å². The lowest BCUT2D eigenvalue weighted by Crippen LogP contribution is -2.42. The van der Waals surface area contributed by atoms with E-state index in [9.17, 15) is 4.79 Å². The Morgan fingerprint density at radius 3 is 3.00 bits per heavy atom. The van der Waals surface area contributed by atoms with E-state index in [1.807, 2.05) is 0 Å². The maximum absolute atomic E-state index is 11.8. The van der Waals surface area contributed by atoms with Gasteiger partial charge in [0.15, 0.2) is 0 Å². The summed E-state index contributed by atoms with van der Waals surface area (Å²) >= 11 is 0. The largest absolute Gasteiger partial charge is 0.386 e. The molecule has 0 unspecified atom stereocenters. The number of hydrogen-bond acceptors (Lipinski definition) is 4. The second kappa shape index (κ2) is 4.85. The van der Waals surface area contributed by atoms with Crippen molar-refractivity contribution in [3.63, 3.8) is 0 Å². The number of carbonyl (C=O) groups is 1. The minimum absolute atomic E-state index is 0.0807. The molecule has 1 aliphatic rings. The van der Waals surface area contributed by atoms with Gasteiger partial charge >= 0.3 is 0 Å². The normalized spacial score (nSPS) is 15.5. The number of rotatable bonds is 2. The number of nitriles is 1. The van der Waals surface area contributed by atoms with Crippen LogP contribution in [0.4, 0.5) is 11.4 Å². The van der Waals surface area contributed by atoms with E-state index < -0.39 is 0 Å². The molecular weight excluding hydrogens is 218 g/mol. The molecule has 1 aliphatic heterocycles. The Labute approximate surface area is 99.6 Å². The first kappa shape index (κ1) is 11.4. The maximum Gasteiger partial charge on any atom is 0.253 e. The van der Waals surface area contributed by atoms with Gasteiger partial charge in [-0.05, 0) is 18.2 Å². The average molecular weight is 231 g/mol. The van der Waals surface area contributed by atoms with Crippen LogP contribution in [0.1, 0.15) is 5.56 Å². The Bertz CT molecular complexity index is 479. The molecule has 1 saturated heterocycles. The molecule has 88 valence electrons. The van der Waals surface area contributed by atoms with E-state index in [4.69, 9.17) is 10.00 Å². The van der Waals surface area contributed by atoms with Gasteiger partial charge in [0.25, 0.3) is 5.91 Å². The molecule has 1 aromatic rings. The molecule has 1 amide bonds. The zero-order chi connectivity index (χ0) is 12.3. The first-order valence-corrected chi connectivity index (χ1v) is 5.36. The van der Waals surface area contributed by atoms with E-state index in [0.29, 0.717) is 18.7 Å². The zero-order valence-corrected chi connectivity index (χ0v) is 9.56. The van der Waals surface area contributed by atoms with E-state index in [1.54, 1.807) is 30.1 Å². The number of amides is 1. The van der Waals surface area contributed by atoms with Crippen LogP contribution in [0.2, 0.25) is 0 Å². The number of nitrogens with zero attached hydrogens (tertiary/aromatic N) is 2. The van der Waals surface area contributed by atoms with Crippen LogP contribution >= 0.6 is 0 Å². The summed E-state index contributed by atoms with van der Waals surface area (Å²) in [6.07, 6.45) is 0. The maximum atomic E-state index is 11.8. The summed E-state index contributed by atoms with van der Waals surface area (Å²) in [4.78, 5) is 13.4. The van der Waals surface area contributed by atoms with Gasteiger partial charge in [0.1, 0.15) is 6.61 Å². The summed E-state index contributed by atoms with van der Waals surface area (Å²) in [5.74, 6) is -0.0807. The van der Waals surface area contributed by atoms with E-state index in [2.05, 4.69) is 11.4 Å². The fourth-order valence-electron chi connectivity index (χ4n) is 1.81. The predicted molar refractivity (Wildman–Crippen MR) is 63.9 cm³/mol. The standard InChI is InChI=1S/C12H13N3O2/c1-14-10-3-2-9(7-13)6-11(10)15-4-5-17-8-12(15)16/h2-3,6,14H,4-5,8H2,1H3. The van der Waals surface area contributed by atoms with Crippen molar-refractivity contribution in [2.75, 3.05) is 37.0 Å². The number of carbonyl (C=O) groups excluding carboxylic acids is 1. The summed E-state index contributed by atoms with van der Waals surface area (Å²) in [5, 5.41) is 11.9. The fraction of sp³-hybridized carbons (Fsp3) is 0.333. The Balaban J connectivity index is 2.41. The van der Waals surface area contributed by atoms with Gasteiger partial charge < -0.3 is 15.0 Å². The van der Waals surface area contributed by atoms with E-state index in [-0.39, 0.29) is 12.5 Å². The second-order valence-electron chi connectivity index (χ2n) is 3.69. The lowest BCUT2D eigenvalue weighted by Gasteiger charge is -2.28. The lowest BCUT2D eigenvalue weighted by atomic mass is 10.1. The predicted octanol–water partition coefficient (Wildman–Crippen LogP) is 0.963. The van der Waals surface area contributed by atoms with Crippen molar-refractivity contribution in [3.05, 3.63) is 23.8 Å². The van der Waals surface area contributed by atoms with Crippen LogP contribution in [0, 0.1) is 11.3 Å². The van der Waals surface area contributed by atoms with E-state index >= 15 is 0 Å². The van der Waals surface area contributed by atoms with Crippen molar-refractivity contribution in [3.8, 4) is 6.07 Å². The highest BCUT2D eigenvalue weighted by Gasteiger charge is 2.22. The lowest BCUT2D eigenvalue weighted by molar-refractivity contribution is -0.125. The van der Waals surface area contributed by atoms with Gasteiger partial charge in [-0.2, -0.15) is 5.26 Å². The number of ether oxygens (including phenoxy) is 1. The molecule has 0 atom stereocenters. The Morgan fingerprint density at radius 1 is 1.53 bits per heavy atom. The second-order valence-corrected chi connectivity index (χ2v) is 3.69. The van der Waals surface area contributed by atoms with Crippen molar-refractivity contribution < 1.29 is 9.53 Å². The molecule has 5 nitrogen and oxygen atoms in total. The minimum atomic E-state index is -0.0807. The molecule has 0 spiro atoms. The molecular formula is C12H13N3O2. The summed E-state index contributed by atoms with van der Waals surface area (Å²) in [7, 11) is 1.79. The van der Waals surface area contributed by atoms with Crippen molar-refractivity contribution in [1.29, 1.82) is 5.26 Å². The van der Waals surface area contributed by atoms with Gasteiger partial charge in [0, 0.05) is 13.6 Å². The fourth-order valence-corrected chi connectivity index (χ4v) is 1.81. The number of anilines is 2. The summed E-state index contributed by atoms with van der Waals surface area (Å²) in [6.45, 7) is 1.13. The third-order valence-electron chi connectivity index (χ3n) is 2.67. The molecule has 0 radical (unpaired) electrons. The van der Waals surface area contributed by atoms with Gasteiger partial charge in [-0.3, -0.25) is 4.79 Å². The third-order valence-corrected chi connectivity index (χ3v) is 2.67. The van der Waals surface area contributed by atoms with Gasteiger partial charge in [-0.15, -0.1) is 0 Å². The number of hydrogen-bond donors (Lipinski definition) is 1. The molecule has 5 heteroatoms. The van der Waals surface area contributed by atoms with Crippen molar-refractivity contribution in [1.82, 2.24) is 0 Å². The van der Waals surface area contributed by atoms with Crippen molar-refractivity contribution >= 4 is 17.3 Å². The molecule has 0 saturated carbocycles. The highest BCUT2D eigenvalue weighted by atomic mass is 16.5. The van der Waals surface area contributed by atoms with Crippen LogP contribution in [0.15, 0.2) is 18.2 Å². The van der Waals surface area contributed by atoms with Crippen molar-refractivity contribution in [2.24, 2.45) is 0 Å². The van der Waals surface area contributed by atoms with Gasteiger partial charge in [0.2, 0.25) is 0 Å². The van der Waals surface area contributed by atoms with Crippen molar-refractivity contribution in [2.45, 2.75) is 0 Å². The van der Waals surface area contributed by atoms with Crippen LogP contribution in [0.25, 0.3) is 0 Å². The molecule has 1 aromatic carbocycles. The smallest absolute Gasteiger partial charge is 0.253 e. The third kappa shape index (κ3) is 2.22. The van der Waals surface area contributed by atoms with Crippen LogP contribution in [-0.4, -0.2) is 32.7 Å². The first-order chi connectivity index (χ1) is 8.26.